The Balaban J connectivity index is 1.77. The molecule has 0 amide bonds. The fourth-order valence-electron chi connectivity index (χ4n) is 2.84. The van der Waals surface area contributed by atoms with E-state index in [1.807, 2.05) is 0 Å². The third kappa shape index (κ3) is 4.45. The van der Waals surface area contributed by atoms with Crippen LogP contribution >= 0.6 is 23.2 Å². The molecule has 0 saturated carbocycles. The summed E-state index contributed by atoms with van der Waals surface area (Å²) in [5.74, 6) is 0.698. The van der Waals surface area contributed by atoms with Gasteiger partial charge < -0.3 is 9.47 Å². The molecule has 10 heteroatoms. The maximum Gasteiger partial charge on any atom is 0.244 e. The Kier molecular flexibility index (Phi) is 6.10. The van der Waals surface area contributed by atoms with Crippen molar-refractivity contribution in [1.29, 1.82) is 0 Å². The van der Waals surface area contributed by atoms with Crippen molar-refractivity contribution in [3.63, 3.8) is 0 Å². The second-order valence-corrected chi connectivity index (χ2v) is 8.91. The molecule has 27 heavy (non-hydrogen) atoms. The summed E-state index contributed by atoms with van der Waals surface area (Å²) >= 11 is 12.2. The highest BCUT2D eigenvalue weighted by Crippen LogP contribution is 2.31. The summed E-state index contributed by atoms with van der Waals surface area (Å²) in [6, 6.07) is 6.23. The highest BCUT2D eigenvalue weighted by atomic mass is 35.5. The van der Waals surface area contributed by atoms with Gasteiger partial charge in [-0.3, -0.25) is 0 Å². The van der Waals surface area contributed by atoms with Crippen molar-refractivity contribution in [3.8, 4) is 11.8 Å². The van der Waals surface area contributed by atoms with Crippen LogP contribution in [0, 0.1) is 6.92 Å². The first-order valence-electron chi connectivity index (χ1n) is 8.31. The summed E-state index contributed by atoms with van der Waals surface area (Å²) in [5, 5.41) is 8.31. The second-order valence-electron chi connectivity index (χ2n) is 6.19. The zero-order valence-corrected chi connectivity index (χ0v) is 17.2. The smallest absolute Gasteiger partial charge is 0.244 e. The summed E-state index contributed by atoms with van der Waals surface area (Å²) in [4.78, 5) is 0.0518. The Morgan fingerprint density at radius 1 is 1.15 bits per heavy atom. The van der Waals surface area contributed by atoms with E-state index >= 15 is 0 Å². The summed E-state index contributed by atoms with van der Waals surface area (Å²) in [5.41, 5.74) is 0.651. The van der Waals surface area contributed by atoms with Gasteiger partial charge in [-0.1, -0.05) is 23.2 Å². The lowest BCUT2D eigenvalue weighted by Gasteiger charge is -2.32. The molecule has 1 aromatic heterocycles. The maximum absolute atomic E-state index is 13.1. The molecule has 1 fully saturated rings. The van der Waals surface area contributed by atoms with Crippen LogP contribution in [0.15, 0.2) is 29.2 Å². The summed E-state index contributed by atoms with van der Waals surface area (Å²) in [6.07, 6.45) is 1.05. The van der Waals surface area contributed by atoms with Crippen molar-refractivity contribution >= 4 is 33.2 Å². The van der Waals surface area contributed by atoms with Crippen molar-refractivity contribution in [3.05, 3.63) is 39.9 Å². The maximum atomic E-state index is 13.1. The molecule has 0 radical (unpaired) electrons. The van der Waals surface area contributed by atoms with Crippen molar-refractivity contribution in [1.82, 2.24) is 14.5 Å². The van der Waals surface area contributed by atoms with Gasteiger partial charge in [0.15, 0.2) is 0 Å². The van der Waals surface area contributed by atoms with E-state index in [1.165, 1.54) is 23.5 Å². The molecule has 1 aliphatic rings. The van der Waals surface area contributed by atoms with Crippen LogP contribution in [0.5, 0.6) is 11.8 Å². The number of hydrogen-bond acceptors (Lipinski definition) is 6. The molecule has 1 aromatic carbocycles. The van der Waals surface area contributed by atoms with Gasteiger partial charge in [0.1, 0.15) is 11.0 Å². The predicted molar refractivity (Wildman–Crippen MR) is 102 cm³/mol. The number of ether oxygens (including phenoxy) is 2. The third-order valence-corrected chi connectivity index (χ3v) is 7.02. The average Bonchev–Trinajstić information content (AvgIpc) is 2.65. The number of aromatic nitrogens is 2. The van der Waals surface area contributed by atoms with Gasteiger partial charge in [-0.2, -0.15) is 4.31 Å². The van der Waals surface area contributed by atoms with E-state index in [1.54, 1.807) is 19.1 Å². The number of aryl methyl sites for hydroxylation is 1. The van der Waals surface area contributed by atoms with Gasteiger partial charge in [0, 0.05) is 23.7 Å². The van der Waals surface area contributed by atoms with Crippen LogP contribution in [0.4, 0.5) is 0 Å². The normalized spacial score (nSPS) is 18.3. The number of sulfonamides is 1. The van der Waals surface area contributed by atoms with Gasteiger partial charge in [0.2, 0.25) is 21.8 Å². The number of methoxy groups -OCH3 is 1. The lowest BCUT2D eigenvalue weighted by molar-refractivity contribution is 0.123. The van der Waals surface area contributed by atoms with Gasteiger partial charge in [0.05, 0.1) is 18.7 Å². The molecular formula is C17H19Cl2N3O4S. The van der Waals surface area contributed by atoms with Crippen LogP contribution in [0.1, 0.15) is 18.4 Å². The van der Waals surface area contributed by atoms with Gasteiger partial charge in [-0.25, -0.2) is 8.42 Å². The average molecular weight is 432 g/mol. The third-order valence-electron chi connectivity index (χ3n) is 4.28. The minimum Gasteiger partial charge on any atom is -0.480 e. The van der Waals surface area contributed by atoms with Crippen molar-refractivity contribution in [2.24, 2.45) is 0 Å². The van der Waals surface area contributed by atoms with Crippen LogP contribution in [-0.4, -0.2) is 49.2 Å². The van der Waals surface area contributed by atoms with Gasteiger partial charge in [-0.05, 0) is 37.5 Å². The van der Waals surface area contributed by atoms with Gasteiger partial charge in [-0.15, -0.1) is 10.2 Å². The van der Waals surface area contributed by atoms with Crippen LogP contribution < -0.4 is 9.47 Å². The Labute approximate surface area is 168 Å². The van der Waals surface area contributed by atoms with E-state index in [4.69, 9.17) is 32.7 Å². The van der Waals surface area contributed by atoms with Crippen molar-refractivity contribution < 1.29 is 17.9 Å². The van der Waals surface area contributed by atoms with E-state index in [-0.39, 0.29) is 22.6 Å². The molecular weight excluding hydrogens is 413 g/mol. The Morgan fingerprint density at radius 2 is 1.85 bits per heavy atom. The number of nitrogens with zero attached hydrogens (tertiary/aromatic N) is 3. The topological polar surface area (TPSA) is 81.6 Å². The number of halogens is 2. The lowest BCUT2D eigenvalue weighted by Crippen LogP contribution is -2.44. The van der Waals surface area contributed by atoms with E-state index in [2.05, 4.69) is 10.2 Å². The van der Waals surface area contributed by atoms with Crippen LogP contribution in [0.3, 0.4) is 0 Å². The molecule has 0 spiro atoms. The monoisotopic (exact) mass is 431 g/mol. The van der Waals surface area contributed by atoms with Gasteiger partial charge in [0.25, 0.3) is 0 Å². The fraction of sp³-hybridized carbons (Fsp3) is 0.412. The van der Waals surface area contributed by atoms with Gasteiger partial charge >= 0.3 is 0 Å². The second kappa shape index (κ2) is 8.18. The summed E-state index contributed by atoms with van der Waals surface area (Å²) < 4.78 is 38.2. The first-order chi connectivity index (χ1) is 12.8. The Morgan fingerprint density at radius 3 is 2.52 bits per heavy atom. The molecule has 2 heterocycles. The minimum absolute atomic E-state index is 0.0518. The molecule has 0 bridgehead atoms. The lowest BCUT2D eigenvalue weighted by atomic mass is 10.1. The van der Waals surface area contributed by atoms with Crippen LogP contribution in [0.2, 0.25) is 10.0 Å². The van der Waals surface area contributed by atoms with Crippen LogP contribution in [-0.2, 0) is 10.0 Å². The number of benzene rings is 1. The zero-order valence-electron chi connectivity index (χ0n) is 14.9. The molecule has 1 unspecified atom stereocenters. The molecule has 1 aliphatic heterocycles. The molecule has 7 nitrogen and oxygen atoms in total. The van der Waals surface area contributed by atoms with E-state index in [0.29, 0.717) is 41.7 Å². The molecule has 3 rings (SSSR count). The van der Waals surface area contributed by atoms with Crippen LogP contribution in [0.25, 0.3) is 0 Å². The molecule has 0 aliphatic carbocycles. The first kappa shape index (κ1) is 20.1. The fourth-order valence-corrected chi connectivity index (χ4v) is 5.15. The predicted octanol–water partition coefficient (Wildman–Crippen LogP) is 3.33. The van der Waals surface area contributed by atoms with Crippen molar-refractivity contribution in [2.45, 2.75) is 30.8 Å². The largest absolute Gasteiger partial charge is 0.480 e. The molecule has 2 aromatic rings. The van der Waals surface area contributed by atoms with Crippen molar-refractivity contribution in [2.75, 3.05) is 20.2 Å². The number of hydrogen-bond donors (Lipinski definition) is 0. The standard InChI is InChI=1S/C17H19Cl2N3O4S/c1-11-8-15(14(19)9-13(11)18)27(23,24)22-7-3-4-12(10-22)26-17-6-5-16(25-2)20-21-17/h5-6,8-9,12H,3-4,7,10H2,1-2H3. The van der Waals surface area contributed by atoms with E-state index in [0.717, 1.165) is 0 Å². The molecule has 0 N–H and O–H groups in total. The highest BCUT2D eigenvalue weighted by molar-refractivity contribution is 7.89. The number of piperidine rings is 1. The first-order valence-corrected chi connectivity index (χ1v) is 10.5. The van der Waals surface area contributed by atoms with E-state index < -0.39 is 10.0 Å². The van der Waals surface area contributed by atoms with E-state index in [9.17, 15) is 8.42 Å². The molecule has 1 atom stereocenters. The molecule has 146 valence electrons. The summed E-state index contributed by atoms with van der Waals surface area (Å²) in [7, 11) is -2.26. The quantitative estimate of drug-likeness (QED) is 0.721. The Hall–Kier alpha value is -1.61. The number of rotatable bonds is 5. The Bertz CT molecular complexity index is 923. The summed E-state index contributed by atoms with van der Waals surface area (Å²) in [6.45, 7) is 2.34. The molecule has 1 saturated heterocycles. The zero-order chi connectivity index (χ0) is 19.6. The SMILES string of the molecule is COc1ccc(OC2CCCN(S(=O)(=O)c3cc(C)c(Cl)cc3Cl)C2)nn1. The minimum atomic E-state index is -3.76. The highest BCUT2D eigenvalue weighted by Gasteiger charge is 2.33.